The summed E-state index contributed by atoms with van der Waals surface area (Å²) in [7, 11) is 0. The van der Waals surface area contributed by atoms with Gasteiger partial charge in [-0.1, -0.05) is 6.07 Å². The Morgan fingerprint density at radius 1 is 1.32 bits per heavy atom. The molecule has 6 nitrogen and oxygen atoms in total. The molecule has 2 rings (SSSR count). The van der Waals surface area contributed by atoms with Crippen LogP contribution in [-0.2, 0) is 4.79 Å². The van der Waals surface area contributed by atoms with Crippen LogP contribution in [0.5, 0.6) is 0 Å². The summed E-state index contributed by atoms with van der Waals surface area (Å²) in [6.07, 6.45) is 1.47. The minimum absolute atomic E-state index is 0.317. The Morgan fingerprint density at radius 3 is 2.79 bits per heavy atom. The average Bonchev–Trinajstić information content (AvgIpc) is 2.38. The second kappa shape index (κ2) is 5.43. The highest BCUT2D eigenvalue weighted by Crippen LogP contribution is 2.08. The normalized spacial score (nSPS) is 11.9. The van der Waals surface area contributed by atoms with Gasteiger partial charge in [0.2, 0.25) is 5.91 Å². The topological polar surface area (TPSA) is 76.9 Å². The molecule has 6 heteroatoms. The van der Waals surface area contributed by atoms with Gasteiger partial charge in [0.25, 0.3) is 5.56 Å². The number of pyridine rings is 1. The first-order valence-electron chi connectivity index (χ1n) is 5.86. The van der Waals surface area contributed by atoms with E-state index >= 15 is 0 Å². The van der Waals surface area contributed by atoms with Crippen LogP contribution in [0.25, 0.3) is 0 Å². The number of hydrogen-bond acceptors (Lipinski definition) is 4. The zero-order valence-corrected chi connectivity index (χ0v) is 10.7. The van der Waals surface area contributed by atoms with Crippen molar-refractivity contribution in [3.05, 3.63) is 52.6 Å². The van der Waals surface area contributed by atoms with Gasteiger partial charge in [-0.05, 0) is 32.0 Å². The lowest BCUT2D eigenvalue weighted by Crippen LogP contribution is -2.32. The predicted octanol–water partition coefficient (Wildman–Crippen LogP) is 1.15. The Hall–Kier alpha value is -2.50. The van der Waals surface area contributed by atoms with Gasteiger partial charge < -0.3 is 5.32 Å². The fourth-order valence-corrected chi connectivity index (χ4v) is 1.61. The monoisotopic (exact) mass is 258 g/mol. The van der Waals surface area contributed by atoms with Gasteiger partial charge in [-0.3, -0.25) is 9.59 Å². The molecule has 0 aliphatic carbocycles. The first-order chi connectivity index (χ1) is 9.08. The van der Waals surface area contributed by atoms with Gasteiger partial charge in [0.1, 0.15) is 11.9 Å². The molecule has 0 bridgehead atoms. The van der Waals surface area contributed by atoms with Crippen LogP contribution in [0, 0.1) is 6.92 Å². The predicted molar refractivity (Wildman–Crippen MR) is 70.8 cm³/mol. The van der Waals surface area contributed by atoms with Crippen molar-refractivity contribution in [3.8, 4) is 0 Å². The minimum Gasteiger partial charge on any atom is -0.309 e. The molecule has 0 spiro atoms. The van der Waals surface area contributed by atoms with Crippen LogP contribution in [0.4, 0.5) is 5.82 Å². The summed E-state index contributed by atoms with van der Waals surface area (Å²) >= 11 is 0. The van der Waals surface area contributed by atoms with E-state index in [-0.39, 0.29) is 11.5 Å². The number of aromatic nitrogens is 3. The molecule has 0 aliphatic rings. The van der Waals surface area contributed by atoms with Crippen LogP contribution in [0.1, 0.15) is 18.7 Å². The van der Waals surface area contributed by atoms with Crippen molar-refractivity contribution in [2.24, 2.45) is 0 Å². The van der Waals surface area contributed by atoms with E-state index in [2.05, 4.69) is 15.4 Å². The quantitative estimate of drug-likeness (QED) is 0.895. The van der Waals surface area contributed by atoms with Crippen molar-refractivity contribution in [1.29, 1.82) is 0 Å². The van der Waals surface area contributed by atoms with Crippen LogP contribution >= 0.6 is 0 Å². The highest BCUT2D eigenvalue weighted by Gasteiger charge is 2.17. The van der Waals surface area contributed by atoms with Gasteiger partial charge in [0.05, 0.1) is 0 Å². The average molecular weight is 258 g/mol. The second-order valence-corrected chi connectivity index (χ2v) is 4.14. The number of amides is 1. The molecule has 1 atom stereocenters. The lowest BCUT2D eigenvalue weighted by atomic mass is 10.3. The molecule has 1 unspecified atom stereocenters. The largest absolute Gasteiger partial charge is 0.309 e. The molecule has 2 heterocycles. The Morgan fingerprint density at radius 2 is 2.11 bits per heavy atom. The van der Waals surface area contributed by atoms with E-state index in [0.717, 1.165) is 10.4 Å². The van der Waals surface area contributed by atoms with Crippen LogP contribution in [-0.4, -0.2) is 20.7 Å². The first-order valence-corrected chi connectivity index (χ1v) is 5.86. The summed E-state index contributed by atoms with van der Waals surface area (Å²) in [5, 5.41) is 6.54. The molecule has 0 aliphatic heterocycles. The van der Waals surface area contributed by atoms with Crippen LogP contribution in [0.3, 0.4) is 0 Å². The maximum absolute atomic E-state index is 12.0. The standard InChI is InChI=1S/C13H14N4O2/c1-9-5-3-6-11(15-9)16-13(19)10(2)17-12(18)7-4-8-14-17/h3-8,10H,1-2H3,(H,15,16,19). The molecule has 0 saturated heterocycles. The Balaban J connectivity index is 2.17. The number of aryl methyl sites for hydroxylation is 1. The molecule has 19 heavy (non-hydrogen) atoms. The van der Waals surface area contributed by atoms with E-state index in [0.29, 0.717) is 5.82 Å². The van der Waals surface area contributed by atoms with Crippen molar-refractivity contribution in [2.75, 3.05) is 5.32 Å². The molecular formula is C13H14N4O2. The van der Waals surface area contributed by atoms with Crippen molar-refractivity contribution in [1.82, 2.24) is 14.8 Å². The lowest BCUT2D eigenvalue weighted by Gasteiger charge is -2.13. The smallest absolute Gasteiger partial charge is 0.267 e. The fourth-order valence-electron chi connectivity index (χ4n) is 1.61. The van der Waals surface area contributed by atoms with E-state index in [1.54, 1.807) is 19.1 Å². The zero-order chi connectivity index (χ0) is 13.8. The lowest BCUT2D eigenvalue weighted by molar-refractivity contribution is -0.119. The van der Waals surface area contributed by atoms with E-state index in [4.69, 9.17) is 0 Å². The van der Waals surface area contributed by atoms with Gasteiger partial charge in [0.15, 0.2) is 0 Å². The fraction of sp³-hybridized carbons (Fsp3) is 0.231. The van der Waals surface area contributed by atoms with E-state index in [1.807, 2.05) is 13.0 Å². The Labute approximate surface area is 110 Å². The molecule has 0 aromatic carbocycles. The molecule has 1 amide bonds. The Bertz CT molecular complexity index is 651. The zero-order valence-electron chi connectivity index (χ0n) is 10.7. The number of carbonyl (C=O) groups is 1. The van der Waals surface area contributed by atoms with Gasteiger partial charge in [-0.15, -0.1) is 0 Å². The number of hydrogen-bond donors (Lipinski definition) is 1. The van der Waals surface area contributed by atoms with Gasteiger partial charge >= 0.3 is 0 Å². The SMILES string of the molecule is Cc1cccc(NC(=O)C(C)n2ncccc2=O)n1. The van der Waals surface area contributed by atoms with Crippen LogP contribution in [0.15, 0.2) is 41.3 Å². The van der Waals surface area contributed by atoms with Crippen molar-refractivity contribution in [3.63, 3.8) is 0 Å². The van der Waals surface area contributed by atoms with Gasteiger partial charge in [-0.2, -0.15) is 5.10 Å². The molecule has 0 saturated carbocycles. The van der Waals surface area contributed by atoms with Crippen molar-refractivity contribution >= 4 is 11.7 Å². The van der Waals surface area contributed by atoms with E-state index in [1.165, 1.54) is 18.3 Å². The molecule has 0 fully saturated rings. The van der Waals surface area contributed by atoms with Gasteiger partial charge in [-0.25, -0.2) is 9.67 Å². The van der Waals surface area contributed by atoms with Crippen molar-refractivity contribution in [2.45, 2.75) is 19.9 Å². The third-order valence-corrected chi connectivity index (χ3v) is 2.63. The molecule has 98 valence electrons. The third-order valence-electron chi connectivity index (χ3n) is 2.63. The van der Waals surface area contributed by atoms with Crippen LogP contribution in [0.2, 0.25) is 0 Å². The summed E-state index contributed by atoms with van der Waals surface area (Å²) in [4.78, 5) is 27.8. The summed E-state index contributed by atoms with van der Waals surface area (Å²) in [5.74, 6) is 0.125. The molecule has 1 N–H and O–H groups in total. The number of rotatable bonds is 3. The third kappa shape index (κ3) is 3.04. The molecule has 2 aromatic heterocycles. The summed E-state index contributed by atoms with van der Waals surface area (Å²) in [6.45, 7) is 3.45. The van der Waals surface area contributed by atoms with Crippen LogP contribution < -0.4 is 10.9 Å². The highest BCUT2D eigenvalue weighted by molar-refractivity contribution is 5.92. The number of nitrogens with one attached hydrogen (secondary N) is 1. The number of anilines is 1. The summed E-state index contributed by atoms with van der Waals surface area (Å²) in [5.41, 5.74) is 0.489. The first kappa shape index (κ1) is 12.9. The molecular weight excluding hydrogens is 244 g/mol. The summed E-state index contributed by atoms with van der Waals surface area (Å²) < 4.78 is 1.13. The minimum atomic E-state index is -0.698. The second-order valence-electron chi connectivity index (χ2n) is 4.14. The number of carbonyl (C=O) groups excluding carboxylic acids is 1. The maximum atomic E-state index is 12.0. The molecule has 2 aromatic rings. The number of nitrogens with zero attached hydrogens (tertiary/aromatic N) is 3. The maximum Gasteiger partial charge on any atom is 0.267 e. The van der Waals surface area contributed by atoms with E-state index in [9.17, 15) is 9.59 Å². The summed E-state index contributed by atoms with van der Waals surface area (Å²) in [6, 6.07) is 7.53. The van der Waals surface area contributed by atoms with Crippen molar-refractivity contribution < 1.29 is 4.79 Å². The molecule has 0 radical (unpaired) electrons. The highest BCUT2D eigenvalue weighted by atomic mass is 16.2. The van der Waals surface area contributed by atoms with Gasteiger partial charge in [0, 0.05) is 18.0 Å². The Kier molecular flexibility index (Phi) is 3.70. The van der Waals surface area contributed by atoms with E-state index < -0.39 is 6.04 Å².